The molecule has 0 aliphatic heterocycles. The molecule has 0 fully saturated rings. The predicted octanol–water partition coefficient (Wildman–Crippen LogP) is 3.62. The van der Waals surface area contributed by atoms with Gasteiger partial charge in [-0.2, -0.15) is 0 Å². The lowest BCUT2D eigenvalue weighted by atomic mass is 10.0. The van der Waals surface area contributed by atoms with Crippen LogP contribution in [0.3, 0.4) is 0 Å². The monoisotopic (exact) mass is 330 g/mol. The maximum absolute atomic E-state index is 11.9. The summed E-state index contributed by atoms with van der Waals surface area (Å²) in [5.74, 6) is -1.30. The van der Waals surface area contributed by atoms with Crippen LogP contribution in [0.25, 0.3) is 0 Å². The summed E-state index contributed by atoms with van der Waals surface area (Å²) in [6.45, 7) is 5.79. The standard InChI is InChI=1S/C18H34O5/c1-5-6-7-8-9-10-11-12-13-15(19)23-17(14(2)3)16(20)18(21)22-4/h14,16-17,20H,5-13H2,1-4H3. The Bertz CT molecular complexity index is 327. The van der Waals surface area contributed by atoms with Crippen molar-refractivity contribution in [1.82, 2.24) is 0 Å². The molecule has 0 spiro atoms. The van der Waals surface area contributed by atoms with Crippen LogP contribution in [0.4, 0.5) is 0 Å². The van der Waals surface area contributed by atoms with Crippen molar-refractivity contribution in [3.05, 3.63) is 0 Å². The number of methoxy groups -OCH3 is 1. The van der Waals surface area contributed by atoms with Crippen molar-refractivity contribution < 1.29 is 24.2 Å². The Hall–Kier alpha value is -1.10. The summed E-state index contributed by atoms with van der Waals surface area (Å²) in [5, 5.41) is 9.86. The van der Waals surface area contributed by atoms with Crippen molar-refractivity contribution in [1.29, 1.82) is 0 Å². The molecule has 0 aliphatic carbocycles. The zero-order chi connectivity index (χ0) is 17.7. The first kappa shape index (κ1) is 21.9. The van der Waals surface area contributed by atoms with Crippen LogP contribution in [-0.4, -0.2) is 36.4 Å². The molecule has 0 saturated heterocycles. The Morgan fingerprint density at radius 2 is 1.48 bits per heavy atom. The van der Waals surface area contributed by atoms with Gasteiger partial charge in [-0.05, 0) is 12.3 Å². The van der Waals surface area contributed by atoms with Crippen LogP contribution in [0.5, 0.6) is 0 Å². The van der Waals surface area contributed by atoms with Gasteiger partial charge in [0.15, 0.2) is 6.10 Å². The van der Waals surface area contributed by atoms with Gasteiger partial charge in [-0.15, -0.1) is 0 Å². The van der Waals surface area contributed by atoms with Crippen LogP contribution >= 0.6 is 0 Å². The van der Waals surface area contributed by atoms with Crippen molar-refractivity contribution in [3.63, 3.8) is 0 Å². The van der Waals surface area contributed by atoms with E-state index in [1.807, 2.05) is 0 Å². The topological polar surface area (TPSA) is 72.8 Å². The average molecular weight is 330 g/mol. The Balaban J connectivity index is 3.94. The molecule has 0 bridgehead atoms. The molecule has 0 aliphatic rings. The molecule has 0 rings (SSSR count). The Morgan fingerprint density at radius 1 is 0.957 bits per heavy atom. The molecule has 2 atom stereocenters. The molecular weight excluding hydrogens is 296 g/mol. The van der Waals surface area contributed by atoms with Crippen molar-refractivity contribution in [2.45, 2.75) is 90.8 Å². The third kappa shape index (κ3) is 10.3. The lowest BCUT2D eigenvalue weighted by Crippen LogP contribution is -2.41. The third-order valence-corrected chi connectivity index (χ3v) is 3.91. The van der Waals surface area contributed by atoms with E-state index in [4.69, 9.17) is 4.74 Å². The van der Waals surface area contributed by atoms with Crippen molar-refractivity contribution in [2.75, 3.05) is 7.11 Å². The fourth-order valence-electron chi connectivity index (χ4n) is 2.43. The maximum atomic E-state index is 11.9. The fourth-order valence-corrected chi connectivity index (χ4v) is 2.43. The quantitative estimate of drug-likeness (QED) is 0.412. The molecule has 23 heavy (non-hydrogen) atoms. The van der Waals surface area contributed by atoms with E-state index in [2.05, 4.69) is 11.7 Å². The summed E-state index contributed by atoms with van der Waals surface area (Å²) in [7, 11) is 1.20. The van der Waals surface area contributed by atoms with Crippen LogP contribution in [0.15, 0.2) is 0 Å². The zero-order valence-corrected chi connectivity index (χ0v) is 15.2. The molecule has 0 aromatic heterocycles. The van der Waals surface area contributed by atoms with Crippen LogP contribution in [0.1, 0.15) is 78.6 Å². The van der Waals surface area contributed by atoms with Gasteiger partial charge in [-0.25, -0.2) is 4.79 Å². The number of hydrogen-bond donors (Lipinski definition) is 1. The van der Waals surface area contributed by atoms with E-state index in [0.717, 1.165) is 19.3 Å². The SMILES string of the molecule is CCCCCCCCCCC(=O)OC(C(C)C)C(O)C(=O)OC. The van der Waals surface area contributed by atoms with Gasteiger partial charge in [0.2, 0.25) is 0 Å². The molecule has 5 nitrogen and oxygen atoms in total. The Kier molecular flexibility index (Phi) is 12.7. The van der Waals surface area contributed by atoms with Gasteiger partial charge in [-0.1, -0.05) is 65.7 Å². The lowest BCUT2D eigenvalue weighted by molar-refractivity contribution is -0.171. The second-order valence-corrected chi connectivity index (χ2v) is 6.39. The molecule has 5 heteroatoms. The summed E-state index contributed by atoms with van der Waals surface area (Å²) >= 11 is 0. The summed E-state index contributed by atoms with van der Waals surface area (Å²) < 4.78 is 9.76. The smallest absolute Gasteiger partial charge is 0.338 e. The molecule has 0 radical (unpaired) electrons. The van der Waals surface area contributed by atoms with E-state index in [-0.39, 0.29) is 11.9 Å². The van der Waals surface area contributed by atoms with Crippen LogP contribution in [0, 0.1) is 5.92 Å². The normalized spacial score (nSPS) is 13.7. The van der Waals surface area contributed by atoms with E-state index in [0.29, 0.717) is 6.42 Å². The molecule has 1 N–H and O–H groups in total. The first-order valence-corrected chi connectivity index (χ1v) is 8.89. The largest absolute Gasteiger partial charge is 0.467 e. The number of unbranched alkanes of at least 4 members (excludes halogenated alkanes) is 7. The number of rotatable bonds is 13. The lowest BCUT2D eigenvalue weighted by Gasteiger charge is -2.24. The summed E-state index contributed by atoms with van der Waals surface area (Å²) in [6, 6.07) is 0. The second-order valence-electron chi connectivity index (χ2n) is 6.39. The summed E-state index contributed by atoms with van der Waals surface area (Å²) in [4.78, 5) is 23.2. The molecule has 136 valence electrons. The van der Waals surface area contributed by atoms with Crippen LogP contribution < -0.4 is 0 Å². The van der Waals surface area contributed by atoms with Crippen molar-refractivity contribution >= 4 is 11.9 Å². The van der Waals surface area contributed by atoms with Crippen LogP contribution in [0.2, 0.25) is 0 Å². The highest BCUT2D eigenvalue weighted by molar-refractivity contribution is 5.76. The van der Waals surface area contributed by atoms with Gasteiger partial charge >= 0.3 is 11.9 Å². The van der Waals surface area contributed by atoms with Gasteiger partial charge in [0.1, 0.15) is 6.10 Å². The Labute approximate surface area is 140 Å². The number of esters is 2. The summed E-state index contributed by atoms with van der Waals surface area (Å²) in [5.41, 5.74) is 0. The highest BCUT2D eigenvalue weighted by Gasteiger charge is 2.32. The van der Waals surface area contributed by atoms with Crippen molar-refractivity contribution in [2.24, 2.45) is 5.92 Å². The minimum absolute atomic E-state index is 0.161. The molecule has 2 unspecified atom stereocenters. The number of aliphatic hydroxyl groups is 1. The minimum atomic E-state index is -1.43. The Morgan fingerprint density at radius 3 is 1.96 bits per heavy atom. The fraction of sp³-hybridized carbons (Fsp3) is 0.889. The van der Waals surface area contributed by atoms with E-state index in [9.17, 15) is 14.7 Å². The van der Waals surface area contributed by atoms with Gasteiger partial charge in [0, 0.05) is 6.42 Å². The predicted molar refractivity (Wildman–Crippen MR) is 90.0 cm³/mol. The summed E-state index contributed by atoms with van der Waals surface area (Å²) in [6.07, 6.45) is 7.28. The maximum Gasteiger partial charge on any atom is 0.338 e. The van der Waals surface area contributed by atoms with E-state index < -0.39 is 18.2 Å². The molecule has 0 heterocycles. The molecule has 0 amide bonds. The first-order chi connectivity index (χ1) is 10.9. The first-order valence-electron chi connectivity index (χ1n) is 8.89. The molecule has 0 aromatic rings. The van der Waals surface area contributed by atoms with E-state index in [1.54, 1.807) is 13.8 Å². The number of carbonyl (C=O) groups excluding carboxylic acids is 2. The highest BCUT2D eigenvalue weighted by atomic mass is 16.6. The molecular formula is C18H34O5. The van der Waals surface area contributed by atoms with Gasteiger partial charge in [0.05, 0.1) is 7.11 Å². The van der Waals surface area contributed by atoms with Gasteiger partial charge < -0.3 is 14.6 Å². The van der Waals surface area contributed by atoms with E-state index in [1.165, 1.54) is 39.2 Å². The number of ether oxygens (including phenoxy) is 2. The second kappa shape index (κ2) is 13.3. The van der Waals surface area contributed by atoms with Crippen molar-refractivity contribution in [3.8, 4) is 0 Å². The number of carbonyl (C=O) groups is 2. The molecule has 0 saturated carbocycles. The highest BCUT2D eigenvalue weighted by Crippen LogP contribution is 2.15. The third-order valence-electron chi connectivity index (χ3n) is 3.91. The zero-order valence-electron chi connectivity index (χ0n) is 15.2. The van der Waals surface area contributed by atoms with Gasteiger partial charge in [0.25, 0.3) is 0 Å². The van der Waals surface area contributed by atoms with E-state index >= 15 is 0 Å². The van der Waals surface area contributed by atoms with Crippen LogP contribution in [-0.2, 0) is 19.1 Å². The molecule has 0 aromatic carbocycles. The number of aliphatic hydroxyl groups excluding tert-OH is 1. The van der Waals surface area contributed by atoms with Gasteiger partial charge in [-0.3, -0.25) is 4.79 Å². The number of hydrogen-bond acceptors (Lipinski definition) is 5. The average Bonchev–Trinajstić information content (AvgIpc) is 2.53. The minimum Gasteiger partial charge on any atom is -0.467 e.